The van der Waals surface area contributed by atoms with Crippen LogP contribution in [0.5, 0.6) is 0 Å². The van der Waals surface area contributed by atoms with Crippen LogP contribution in [0, 0.1) is 0 Å². The molecule has 0 radical (unpaired) electrons. The quantitative estimate of drug-likeness (QED) is 0.641. The van der Waals surface area contributed by atoms with E-state index in [0.717, 1.165) is 29.5 Å². The number of hydrogen-bond donors (Lipinski definition) is 1. The van der Waals surface area contributed by atoms with Gasteiger partial charge in [-0.3, -0.25) is 10.1 Å². The predicted molar refractivity (Wildman–Crippen MR) is 92.7 cm³/mol. The summed E-state index contributed by atoms with van der Waals surface area (Å²) in [5.74, 6) is -0.694. The minimum atomic E-state index is -4.52. The van der Waals surface area contributed by atoms with Gasteiger partial charge in [0.25, 0.3) is 5.91 Å². The molecule has 1 aromatic carbocycles. The molecule has 27 heavy (non-hydrogen) atoms. The third-order valence-electron chi connectivity index (χ3n) is 3.34. The zero-order chi connectivity index (χ0) is 19.6. The third kappa shape index (κ3) is 4.46. The van der Waals surface area contributed by atoms with Gasteiger partial charge in [-0.25, -0.2) is 0 Å². The standard InChI is InChI=1S/C16H11ClF3N3O3S/c1-25-7-13-22-23-15(27-13)21-14(24)12-5-4-11(26-12)9-6-8(16(18,19)20)2-3-10(9)17/h2-6H,7H2,1H3,(H,21,23,24). The Labute approximate surface area is 159 Å². The summed E-state index contributed by atoms with van der Waals surface area (Å²) in [6, 6.07) is 5.56. The van der Waals surface area contributed by atoms with Crippen molar-refractivity contribution in [3.05, 3.63) is 51.7 Å². The molecule has 0 atom stereocenters. The Hall–Kier alpha value is -2.43. The Morgan fingerprint density at radius 2 is 2.07 bits per heavy atom. The summed E-state index contributed by atoms with van der Waals surface area (Å²) < 4.78 is 49.0. The number of halogens is 4. The van der Waals surface area contributed by atoms with Crippen LogP contribution in [-0.4, -0.2) is 23.2 Å². The molecule has 0 spiro atoms. The summed E-state index contributed by atoms with van der Waals surface area (Å²) in [4.78, 5) is 12.2. The van der Waals surface area contributed by atoms with E-state index in [9.17, 15) is 18.0 Å². The Morgan fingerprint density at radius 3 is 2.78 bits per heavy atom. The first kappa shape index (κ1) is 19.3. The van der Waals surface area contributed by atoms with E-state index in [2.05, 4.69) is 15.5 Å². The summed E-state index contributed by atoms with van der Waals surface area (Å²) in [5, 5.41) is 11.0. The van der Waals surface area contributed by atoms with E-state index in [1.807, 2.05) is 0 Å². The van der Waals surface area contributed by atoms with Gasteiger partial charge in [0.1, 0.15) is 17.4 Å². The number of furan rings is 1. The van der Waals surface area contributed by atoms with E-state index in [1.165, 1.54) is 19.2 Å². The van der Waals surface area contributed by atoms with Crippen LogP contribution in [0.4, 0.5) is 18.3 Å². The van der Waals surface area contributed by atoms with Gasteiger partial charge in [-0.05, 0) is 30.3 Å². The molecule has 0 aliphatic heterocycles. The van der Waals surface area contributed by atoms with Gasteiger partial charge in [-0.2, -0.15) is 13.2 Å². The Bertz CT molecular complexity index is 971. The average molecular weight is 418 g/mol. The lowest BCUT2D eigenvalue weighted by atomic mass is 10.1. The molecule has 3 aromatic rings. The zero-order valence-corrected chi connectivity index (χ0v) is 15.2. The molecule has 3 rings (SSSR count). The van der Waals surface area contributed by atoms with Crippen LogP contribution in [0.25, 0.3) is 11.3 Å². The van der Waals surface area contributed by atoms with Gasteiger partial charge in [-0.1, -0.05) is 22.9 Å². The van der Waals surface area contributed by atoms with E-state index in [1.54, 1.807) is 0 Å². The number of nitrogens with one attached hydrogen (secondary N) is 1. The molecule has 142 valence electrons. The average Bonchev–Trinajstić information content (AvgIpc) is 3.24. The number of anilines is 1. The second-order valence-corrected chi connectivity index (χ2v) is 6.71. The molecule has 6 nitrogen and oxygen atoms in total. The fourth-order valence-electron chi connectivity index (χ4n) is 2.14. The van der Waals surface area contributed by atoms with Crippen molar-refractivity contribution < 1.29 is 27.1 Å². The van der Waals surface area contributed by atoms with E-state index in [0.29, 0.717) is 5.01 Å². The Kier molecular flexibility index (Phi) is 5.49. The number of methoxy groups -OCH3 is 1. The lowest BCUT2D eigenvalue weighted by molar-refractivity contribution is -0.137. The van der Waals surface area contributed by atoms with Gasteiger partial charge in [0.15, 0.2) is 5.76 Å². The SMILES string of the molecule is COCc1nnc(NC(=O)c2ccc(-c3cc(C(F)(F)F)ccc3Cl)o2)s1. The number of nitrogens with zero attached hydrogens (tertiary/aromatic N) is 2. The van der Waals surface area contributed by atoms with Gasteiger partial charge in [0.2, 0.25) is 5.13 Å². The van der Waals surface area contributed by atoms with Crippen molar-refractivity contribution in [1.29, 1.82) is 0 Å². The van der Waals surface area contributed by atoms with Crippen molar-refractivity contribution in [3.8, 4) is 11.3 Å². The van der Waals surface area contributed by atoms with Gasteiger partial charge in [0.05, 0.1) is 10.6 Å². The normalized spacial score (nSPS) is 11.6. The Balaban J connectivity index is 1.81. The van der Waals surface area contributed by atoms with Crippen LogP contribution in [0.1, 0.15) is 21.1 Å². The largest absolute Gasteiger partial charge is 0.451 e. The number of hydrogen-bond acceptors (Lipinski definition) is 6. The molecule has 11 heteroatoms. The van der Waals surface area contributed by atoms with Gasteiger partial charge in [0, 0.05) is 12.7 Å². The summed E-state index contributed by atoms with van der Waals surface area (Å²) in [7, 11) is 1.50. The second-order valence-electron chi connectivity index (χ2n) is 5.24. The van der Waals surface area contributed by atoms with Crippen molar-refractivity contribution in [2.45, 2.75) is 12.8 Å². The number of benzene rings is 1. The van der Waals surface area contributed by atoms with Crippen molar-refractivity contribution in [1.82, 2.24) is 10.2 Å². The van der Waals surface area contributed by atoms with Crippen LogP contribution < -0.4 is 5.32 Å². The summed E-state index contributed by atoms with van der Waals surface area (Å²) in [6.45, 7) is 0.256. The number of aromatic nitrogens is 2. The smallest absolute Gasteiger partial charge is 0.416 e. The van der Waals surface area contributed by atoms with Crippen LogP contribution >= 0.6 is 22.9 Å². The number of amides is 1. The minimum Gasteiger partial charge on any atom is -0.451 e. The summed E-state index contributed by atoms with van der Waals surface area (Å²) in [6.07, 6.45) is -4.52. The molecule has 0 fully saturated rings. The van der Waals surface area contributed by atoms with E-state index in [-0.39, 0.29) is 33.8 Å². The lowest BCUT2D eigenvalue weighted by Gasteiger charge is -2.09. The van der Waals surface area contributed by atoms with Crippen LogP contribution in [0.2, 0.25) is 5.02 Å². The van der Waals surface area contributed by atoms with E-state index >= 15 is 0 Å². The second kappa shape index (κ2) is 7.67. The predicted octanol–water partition coefficient (Wildman–Crippen LogP) is 4.87. The molecule has 1 N–H and O–H groups in total. The molecule has 0 saturated heterocycles. The van der Waals surface area contributed by atoms with Crippen molar-refractivity contribution in [3.63, 3.8) is 0 Å². The number of rotatable bonds is 5. The fourth-order valence-corrected chi connectivity index (χ4v) is 3.06. The molecule has 0 bridgehead atoms. The molecule has 0 saturated carbocycles. The van der Waals surface area contributed by atoms with Crippen molar-refractivity contribution >= 4 is 34.0 Å². The molecule has 2 aromatic heterocycles. The topological polar surface area (TPSA) is 77.3 Å². The van der Waals surface area contributed by atoms with Crippen LogP contribution in [0.15, 0.2) is 34.7 Å². The number of ether oxygens (including phenoxy) is 1. The highest BCUT2D eigenvalue weighted by molar-refractivity contribution is 7.15. The first-order chi connectivity index (χ1) is 12.8. The van der Waals surface area contributed by atoms with Gasteiger partial charge in [-0.15, -0.1) is 10.2 Å². The highest BCUT2D eigenvalue weighted by Crippen LogP contribution is 2.36. The third-order valence-corrected chi connectivity index (χ3v) is 4.49. The minimum absolute atomic E-state index is 0.0313. The monoisotopic (exact) mass is 417 g/mol. The molecule has 2 heterocycles. The first-order valence-corrected chi connectivity index (χ1v) is 8.57. The lowest BCUT2D eigenvalue weighted by Crippen LogP contribution is -2.10. The van der Waals surface area contributed by atoms with Crippen molar-refractivity contribution in [2.24, 2.45) is 0 Å². The summed E-state index contributed by atoms with van der Waals surface area (Å²) >= 11 is 7.10. The van der Waals surface area contributed by atoms with Gasteiger partial charge < -0.3 is 9.15 Å². The number of alkyl halides is 3. The van der Waals surface area contributed by atoms with Crippen LogP contribution in [-0.2, 0) is 17.5 Å². The number of carbonyl (C=O) groups excluding carboxylic acids is 1. The highest BCUT2D eigenvalue weighted by atomic mass is 35.5. The highest BCUT2D eigenvalue weighted by Gasteiger charge is 2.31. The maximum Gasteiger partial charge on any atom is 0.416 e. The van der Waals surface area contributed by atoms with Crippen molar-refractivity contribution in [2.75, 3.05) is 12.4 Å². The Morgan fingerprint density at radius 1 is 1.30 bits per heavy atom. The molecular weight excluding hydrogens is 407 g/mol. The summed E-state index contributed by atoms with van der Waals surface area (Å²) in [5.41, 5.74) is -0.840. The molecular formula is C16H11ClF3N3O3S. The molecule has 0 aliphatic rings. The molecule has 1 amide bonds. The maximum atomic E-state index is 12.9. The molecule has 0 unspecified atom stereocenters. The fraction of sp³-hybridized carbons (Fsp3) is 0.188. The van der Waals surface area contributed by atoms with Crippen LogP contribution in [0.3, 0.4) is 0 Å². The maximum absolute atomic E-state index is 12.9. The molecule has 0 aliphatic carbocycles. The first-order valence-electron chi connectivity index (χ1n) is 7.37. The number of carbonyl (C=O) groups is 1. The van der Waals surface area contributed by atoms with E-state index < -0.39 is 17.6 Å². The van der Waals surface area contributed by atoms with Gasteiger partial charge >= 0.3 is 6.18 Å². The zero-order valence-electron chi connectivity index (χ0n) is 13.6. The van der Waals surface area contributed by atoms with E-state index in [4.69, 9.17) is 20.8 Å².